The number of carbonyl (C=O) groups excluding carboxylic acids is 1. The van der Waals surface area contributed by atoms with Gasteiger partial charge in [0.2, 0.25) is 0 Å². The predicted molar refractivity (Wildman–Crippen MR) is 98.9 cm³/mol. The van der Waals surface area contributed by atoms with Gasteiger partial charge in [-0.05, 0) is 38.1 Å². The van der Waals surface area contributed by atoms with Crippen LogP contribution in [0.2, 0.25) is 0 Å². The van der Waals surface area contributed by atoms with E-state index >= 15 is 0 Å². The summed E-state index contributed by atoms with van der Waals surface area (Å²) < 4.78 is 5.51. The van der Waals surface area contributed by atoms with Crippen LogP contribution in [0.5, 0.6) is 5.75 Å². The Hall–Kier alpha value is -2.18. The van der Waals surface area contributed by atoms with E-state index in [1.807, 2.05) is 38.1 Å². The molecule has 0 spiro atoms. The summed E-state index contributed by atoms with van der Waals surface area (Å²) in [6.45, 7) is 4.93. The third kappa shape index (κ3) is 3.83. The maximum Gasteiger partial charge on any atom is 0.255 e. The number of aromatic nitrogens is 1. The standard InChI is InChI=1S/C18H18N2O2S2/c1-3-22-16-7-5-4-6-14(16)18(21)19-10-13-8-9-17(24-13)15-11-23-12(2)20-15/h4-9,11H,3,10H2,1-2H3,(H,19,21). The number of nitrogens with zero attached hydrogens (tertiary/aromatic N) is 1. The quantitative estimate of drug-likeness (QED) is 0.705. The normalized spacial score (nSPS) is 10.6. The first-order valence-electron chi connectivity index (χ1n) is 7.68. The van der Waals surface area contributed by atoms with Gasteiger partial charge in [0.25, 0.3) is 5.91 Å². The number of thiazole rings is 1. The van der Waals surface area contributed by atoms with Gasteiger partial charge >= 0.3 is 0 Å². The number of ether oxygens (including phenoxy) is 1. The topological polar surface area (TPSA) is 51.2 Å². The van der Waals surface area contributed by atoms with Crippen molar-refractivity contribution in [3.8, 4) is 16.3 Å². The fourth-order valence-corrected chi connectivity index (χ4v) is 3.88. The van der Waals surface area contributed by atoms with Crippen LogP contribution in [0.25, 0.3) is 10.6 Å². The number of carbonyl (C=O) groups is 1. The van der Waals surface area contributed by atoms with E-state index in [2.05, 4.69) is 21.7 Å². The summed E-state index contributed by atoms with van der Waals surface area (Å²) in [5.74, 6) is 0.487. The van der Waals surface area contributed by atoms with E-state index in [1.165, 1.54) is 0 Å². The molecule has 3 aromatic rings. The smallest absolute Gasteiger partial charge is 0.255 e. The fraction of sp³-hybridized carbons (Fsp3) is 0.222. The lowest BCUT2D eigenvalue weighted by atomic mass is 10.2. The molecule has 1 N–H and O–H groups in total. The van der Waals surface area contributed by atoms with Crippen molar-refractivity contribution in [3.63, 3.8) is 0 Å². The highest BCUT2D eigenvalue weighted by Gasteiger charge is 2.12. The van der Waals surface area contributed by atoms with E-state index in [-0.39, 0.29) is 5.91 Å². The first-order chi connectivity index (χ1) is 11.7. The molecule has 2 aromatic heterocycles. The molecule has 0 aliphatic carbocycles. The highest BCUT2D eigenvalue weighted by atomic mass is 32.1. The zero-order valence-electron chi connectivity index (χ0n) is 13.5. The number of rotatable bonds is 6. The second-order valence-corrected chi connectivity index (χ2v) is 7.36. The summed E-state index contributed by atoms with van der Waals surface area (Å²) >= 11 is 3.29. The van der Waals surface area contributed by atoms with Crippen molar-refractivity contribution in [1.82, 2.24) is 10.3 Å². The van der Waals surface area contributed by atoms with Gasteiger partial charge < -0.3 is 10.1 Å². The number of hydrogen-bond donors (Lipinski definition) is 1. The van der Waals surface area contributed by atoms with E-state index in [9.17, 15) is 4.79 Å². The molecule has 4 nitrogen and oxygen atoms in total. The van der Waals surface area contributed by atoms with Crippen molar-refractivity contribution in [2.24, 2.45) is 0 Å². The molecule has 2 heterocycles. The lowest BCUT2D eigenvalue weighted by Gasteiger charge is -2.09. The SMILES string of the molecule is CCOc1ccccc1C(=O)NCc1ccc(-c2csc(C)n2)s1. The van der Waals surface area contributed by atoms with Crippen LogP contribution in [-0.4, -0.2) is 17.5 Å². The first-order valence-corrected chi connectivity index (χ1v) is 9.38. The molecule has 0 bridgehead atoms. The molecule has 6 heteroatoms. The van der Waals surface area contributed by atoms with Gasteiger partial charge in [0.15, 0.2) is 0 Å². The second kappa shape index (κ2) is 7.59. The molecular formula is C18H18N2O2S2. The lowest BCUT2D eigenvalue weighted by Crippen LogP contribution is -2.23. The van der Waals surface area contributed by atoms with Gasteiger partial charge in [0.1, 0.15) is 5.75 Å². The predicted octanol–water partition coefficient (Wildman–Crippen LogP) is 4.51. The maximum absolute atomic E-state index is 12.4. The zero-order valence-corrected chi connectivity index (χ0v) is 15.2. The molecule has 3 rings (SSSR count). The third-order valence-corrected chi connectivity index (χ3v) is 5.27. The number of benzene rings is 1. The van der Waals surface area contributed by atoms with Crippen molar-refractivity contribution in [2.45, 2.75) is 20.4 Å². The Morgan fingerprint density at radius 1 is 1.25 bits per heavy atom. The summed E-state index contributed by atoms with van der Waals surface area (Å²) in [6.07, 6.45) is 0. The maximum atomic E-state index is 12.4. The van der Waals surface area contributed by atoms with Crippen molar-refractivity contribution >= 4 is 28.6 Å². The van der Waals surface area contributed by atoms with Crippen LogP contribution in [0, 0.1) is 6.92 Å². The molecule has 0 fully saturated rings. The molecule has 24 heavy (non-hydrogen) atoms. The van der Waals surface area contributed by atoms with Gasteiger partial charge in [0, 0.05) is 10.3 Å². The van der Waals surface area contributed by atoms with Crippen LogP contribution < -0.4 is 10.1 Å². The fourth-order valence-electron chi connectivity index (χ4n) is 2.29. The number of aryl methyl sites for hydroxylation is 1. The second-order valence-electron chi connectivity index (χ2n) is 5.13. The number of amides is 1. The third-order valence-electron chi connectivity index (χ3n) is 3.39. The lowest BCUT2D eigenvalue weighted by molar-refractivity contribution is 0.0947. The van der Waals surface area contributed by atoms with E-state index in [0.717, 1.165) is 20.5 Å². The van der Waals surface area contributed by atoms with Gasteiger partial charge in [0.05, 0.1) is 34.3 Å². The molecule has 0 unspecified atom stereocenters. The number of thiophene rings is 1. The van der Waals surface area contributed by atoms with Crippen LogP contribution >= 0.6 is 22.7 Å². The molecular weight excluding hydrogens is 340 g/mol. The molecule has 124 valence electrons. The number of para-hydroxylation sites is 1. The Labute approximate surface area is 149 Å². The van der Waals surface area contributed by atoms with E-state index < -0.39 is 0 Å². The van der Waals surface area contributed by atoms with Gasteiger partial charge in [-0.25, -0.2) is 4.98 Å². The minimum absolute atomic E-state index is 0.126. The number of nitrogens with one attached hydrogen (secondary N) is 1. The average Bonchev–Trinajstić information content (AvgIpc) is 3.22. The molecule has 0 aliphatic heterocycles. The number of hydrogen-bond acceptors (Lipinski definition) is 5. The van der Waals surface area contributed by atoms with Crippen LogP contribution in [0.1, 0.15) is 27.2 Å². The Kier molecular flexibility index (Phi) is 5.27. The molecule has 0 saturated carbocycles. The largest absolute Gasteiger partial charge is 0.493 e. The van der Waals surface area contributed by atoms with Gasteiger partial charge in [-0.3, -0.25) is 4.79 Å². The van der Waals surface area contributed by atoms with E-state index in [0.29, 0.717) is 24.5 Å². The van der Waals surface area contributed by atoms with Crippen molar-refractivity contribution in [1.29, 1.82) is 0 Å². The molecule has 1 aromatic carbocycles. The van der Waals surface area contributed by atoms with Crippen LogP contribution in [0.15, 0.2) is 41.8 Å². The summed E-state index contributed by atoms with van der Waals surface area (Å²) in [7, 11) is 0. The zero-order chi connectivity index (χ0) is 16.9. The van der Waals surface area contributed by atoms with E-state index in [1.54, 1.807) is 28.7 Å². The van der Waals surface area contributed by atoms with Crippen LogP contribution in [-0.2, 0) is 6.54 Å². The molecule has 0 radical (unpaired) electrons. The summed E-state index contributed by atoms with van der Waals surface area (Å²) in [5, 5.41) is 6.07. The Balaban J connectivity index is 1.66. The molecule has 0 atom stereocenters. The summed E-state index contributed by atoms with van der Waals surface area (Å²) in [5.41, 5.74) is 1.56. The first kappa shape index (κ1) is 16.7. The van der Waals surface area contributed by atoms with Gasteiger partial charge in [-0.15, -0.1) is 22.7 Å². The highest BCUT2D eigenvalue weighted by Crippen LogP contribution is 2.29. The molecule has 0 aliphatic rings. The molecule has 0 saturated heterocycles. The highest BCUT2D eigenvalue weighted by molar-refractivity contribution is 7.16. The monoisotopic (exact) mass is 358 g/mol. The van der Waals surface area contributed by atoms with Crippen molar-refractivity contribution in [2.75, 3.05) is 6.61 Å². The minimum atomic E-state index is -0.126. The summed E-state index contributed by atoms with van der Waals surface area (Å²) in [4.78, 5) is 19.1. The average molecular weight is 358 g/mol. The summed E-state index contributed by atoms with van der Waals surface area (Å²) in [6, 6.07) is 11.4. The van der Waals surface area contributed by atoms with Crippen LogP contribution in [0.3, 0.4) is 0 Å². The molecule has 1 amide bonds. The van der Waals surface area contributed by atoms with Crippen molar-refractivity contribution < 1.29 is 9.53 Å². The van der Waals surface area contributed by atoms with Gasteiger partial charge in [-0.2, -0.15) is 0 Å². The van der Waals surface area contributed by atoms with E-state index in [4.69, 9.17) is 4.74 Å². The Morgan fingerprint density at radius 3 is 2.83 bits per heavy atom. The van der Waals surface area contributed by atoms with Gasteiger partial charge in [-0.1, -0.05) is 12.1 Å². The minimum Gasteiger partial charge on any atom is -0.493 e. The Morgan fingerprint density at radius 2 is 2.08 bits per heavy atom. The van der Waals surface area contributed by atoms with Crippen LogP contribution in [0.4, 0.5) is 0 Å². The van der Waals surface area contributed by atoms with Crippen molar-refractivity contribution in [3.05, 3.63) is 57.2 Å². The Bertz CT molecular complexity index is 839.